The van der Waals surface area contributed by atoms with Crippen LogP contribution in [0, 0.1) is 11.8 Å². The average molecular weight is 413 g/mol. The largest absolute Gasteiger partial charge is 0.475 e. The summed E-state index contributed by atoms with van der Waals surface area (Å²) in [5, 5.41) is 18.5. The molecule has 0 amide bonds. The van der Waals surface area contributed by atoms with Gasteiger partial charge in [-0.1, -0.05) is 42.3 Å². The molecule has 0 unspecified atom stereocenters. The summed E-state index contributed by atoms with van der Waals surface area (Å²) in [6, 6.07) is 18.5. The van der Waals surface area contributed by atoms with E-state index in [0.717, 1.165) is 25.0 Å². The van der Waals surface area contributed by atoms with Crippen LogP contribution in [0.15, 0.2) is 60.8 Å². The fourth-order valence-corrected chi connectivity index (χ4v) is 2.51. The summed E-state index contributed by atoms with van der Waals surface area (Å²) in [4.78, 5) is 6.36. The number of ether oxygens (including phenoxy) is 1. The molecule has 160 valence electrons. The van der Waals surface area contributed by atoms with Crippen LogP contribution in [0.2, 0.25) is 0 Å². The van der Waals surface area contributed by atoms with E-state index in [9.17, 15) is 0 Å². The second-order valence-corrected chi connectivity index (χ2v) is 6.27. The topological polar surface area (TPSA) is 77.7 Å². The van der Waals surface area contributed by atoms with Crippen molar-refractivity contribution in [3.8, 4) is 17.7 Å². The minimum atomic E-state index is 0.0804. The molecule has 0 atom stereocenters. The lowest BCUT2D eigenvalue weighted by molar-refractivity contribution is -0.620. The highest BCUT2D eigenvalue weighted by Crippen LogP contribution is 2.12. The molecule has 0 aliphatic carbocycles. The maximum absolute atomic E-state index is 7.47. The van der Waals surface area contributed by atoms with E-state index in [1.54, 1.807) is 6.92 Å². The van der Waals surface area contributed by atoms with Gasteiger partial charge in [-0.25, -0.2) is 9.77 Å². The predicted molar refractivity (Wildman–Crippen MR) is 113 cm³/mol. The van der Waals surface area contributed by atoms with Gasteiger partial charge >= 0.3 is 0 Å². The molecule has 8 nitrogen and oxygen atoms in total. The molecule has 2 heterocycles. The van der Waals surface area contributed by atoms with Crippen molar-refractivity contribution in [2.75, 3.05) is 33.4 Å². The average Bonchev–Trinajstić information content (AvgIpc) is 3.19. The van der Waals surface area contributed by atoms with Crippen LogP contribution in [0.25, 0.3) is 5.52 Å². The minimum Gasteiger partial charge on any atom is -0.475 e. The van der Waals surface area contributed by atoms with Crippen LogP contribution in [0.3, 0.4) is 0 Å². The summed E-state index contributed by atoms with van der Waals surface area (Å²) in [7, 11) is 2.12. The summed E-state index contributed by atoms with van der Waals surface area (Å²) in [5.41, 5.74) is 2.42. The Morgan fingerprint density at radius 1 is 1.10 bits per heavy atom. The molecule has 2 aromatic heterocycles. The number of likely N-dealkylation sites (N-methyl/N-ethyl adjacent to an activating group) is 1. The predicted octanol–water partition coefficient (Wildman–Crippen LogP) is 3.25. The SMILES string of the molecule is CC#CCOOOO.CN(CCOc1cc2ccccn2n1)CCc1ccccc1. The lowest BCUT2D eigenvalue weighted by atomic mass is 10.1. The van der Waals surface area contributed by atoms with Gasteiger partial charge in [0.25, 0.3) is 0 Å². The molecular formula is C22H27N3O5. The van der Waals surface area contributed by atoms with Crippen molar-refractivity contribution >= 4 is 5.52 Å². The van der Waals surface area contributed by atoms with E-state index in [0.29, 0.717) is 12.5 Å². The lowest BCUT2D eigenvalue weighted by Crippen LogP contribution is -2.26. The third kappa shape index (κ3) is 9.05. The maximum Gasteiger partial charge on any atom is 0.233 e. The van der Waals surface area contributed by atoms with E-state index in [-0.39, 0.29) is 6.61 Å². The summed E-state index contributed by atoms with van der Waals surface area (Å²) < 4.78 is 7.57. The Kier molecular flexibility index (Phi) is 11.0. The molecule has 3 aromatic rings. The van der Waals surface area contributed by atoms with Gasteiger partial charge in [-0.15, -0.1) is 11.0 Å². The first kappa shape index (κ1) is 23.3. The number of pyridine rings is 1. The van der Waals surface area contributed by atoms with Gasteiger partial charge in [-0.2, -0.15) is 4.89 Å². The van der Waals surface area contributed by atoms with Crippen LogP contribution in [-0.4, -0.2) is 53.1 Å². The number of rotatable bonds is 10. The number of benzene rings is 1. The molecular weight excluding hydrogens is 386 g/mol. The van der Waals surface area contributed by atoms with Crippen molar-refractivity contribution in [3.05, 3.63) is 66.4 Å². The van der Waals surface area contributed by atoms with Crippen LogP contribution in [-0.2, 0) is 21.4 Å². The van der Waals surface area contributed by atoms with E-state index < -0.39 is 0 Å². The molecule has 0 aliphatic rings. The highest BCUT2D eigenvalue weighted by Gasteiger charge is 2.03. The summed E-state index contributed by atoms with van der Waals surface area (Å²) in [6.07, 6.45) is 2.99. The van der Waals surface area contributed by atoms with Gasteiger partial charge in [0.15, 0.2) is 0 Å². The van der Waals surface area contributed by atoms with Gasteiger partial charge in [0.2, 0.25) is 5.88 Å². The molecule has 0 fully saturated rings. The molecule has 0 aliphatic heterocycles. The normalized spacial score (nSPS) is 10.3. The summed E-state index contributed by atoms with van der Waals surface area (Å²) >= 11 is 0. The van der Waals surface area contributed by atoms with Crippen LogP contribution in [0.5, 0.6) is 5.88 Å². The molecule has 3 rings (SSSR count). The Labute approximate surface area is 176 Å². The molecule has 1 N–H and O–H groups in total. The molecule has 30 heavy (non-hydrogen) atoms. The molecule has 0 bridgehead atoms. The van der Waals surface area contributed by atoms with Crippen molar-refractivity contribution in [2.24, 2.45) is 0 Å². The van der Waals surface area contributed by atoms with E-state index in [4.69, 9.17) is 9.99 Å². The number of hydrogen-bond acceptors (Lipinski definition) is 7. The number of aromatic nitrogens is 2. The third-order valence-corrected chi connectivity index (χ3v) is 4.08. The van der Waals surface area contributed by atoms with Crippen molar-refractivity contribution in [2.45, 2.75) is 13.3 Å². The molecule has 0 radical (unpaired) electrons. The third-order valence-electron chi connectivity index (χ3n) is 4.08. The van der Waals surface area contributed by atoms with Crippen LogP contribution in [0.1, 0.15) is 12.5 Å². The van der Waals surface area contributed by atoms with Crippen LogP contribution < -0.4 is 4.74 Å². The number of nitrogens with zero attached hydrogens (tertiary/aromatic N) is 3. The Bertz CT molecular complexity index is 872. The van der Waals surface area contributed by atoms with Crippen molar-refractivity contribution in [1.82, 2.24) is 14.5 Å². The summed E-state index contributed by atoms with van der Waals surface area (Å²) in [5.74, 6) is 5.71. The summed E-state index contributed by atoms with van der Waals surface area (Å²) in [6.45, 7) is 4.30. The van der Waals surface area contributed by atoms with E-state index >= 15 is 0 Å². The monoisotopic (exact) mass is 413 g/mol. The van der Waals surface area contributed by atoms with Crippen molar-refractivity contribution in [3.63, 3.8) is 0 Å². The van der Waals surface area contributed by atoms with Crippen LogP contribution in [0.4, 0.5) is 0 Å². The molecule has 0 saturated carbocycles. The first-order valence-electron chi connectivity index (χ1n) is 9.52. The molecule has 0 saturated heterocycles. The zero-order chi connectivity index (χ0) is 21.4. The Hall–Kier alpha value is -2.93. The fourth-order valence-electron chi connectivity index (χ4n) is 2.51. The van der Waals surface area contributed by atoms with E-state index in [2.05, 4.69) is 74.2 Å². The zero-order valence-corrected chi connectivity index (χ0v) is 17.2. The van der Waals surface area contributed by atoms with Gasteiger partial charge in [-0.3, -0.25) is 0 Å². The second-order valence-electron chi connectivity index (χ2n) is 6.27. The Morgan fingerprint density at radius 3 is 2.63 bits per heavy atom. The number of hydrogen-bond donors (Lipinski definition) is 1. The molecule has 1 aromatic carbocycles. The van der Waals surface area contributed by atoms with Gasteiger partial charge < -0.3 is 9.64 Å². The Balaban J connectivity index is 0.000000343. The minimum absolute atomic E-state index is 0.0804. The van der Waals surface area contributed by atoms with E-state index in [1.165, 1.54) is 5.56 Å². The van der Waals surface area contributed by atoms with Gasteiger partial charge in [-0.05, 0) is 48.2 Å². The molecule has 8 heteroatoms. The smallest absolute Gasteiger partial charge is 0.233 e. The second kappa shape index (κ2) is 14.1. The number of fused-ring (bicyclic) bond motifs is 1. The first-order valence-corrected chi connectivity index (χ1v) is 9.52. The quantitative estimate of drug-likeness (QED) is 0.237. The van der Waals surface area contributed by atoms with Gasteiger partial charge in [0.05, 0.1) is 5.52 Å². The zero-order valence-electron chi connectivity index (χ0n) is 17.2. The standard InChI is InChI=1S/C18H21N3O.C4H6O4/c1-20(12-10-16-7-3-2-4-8-16)13-14-22-18-15-17-9-5-6-11-21(17)19-18;1-2-3-4-6-8-7-5/h2-9,11,15H,10,12-14H2,1H3;5H,4H2,1H3. The fraction of sp³-hybridized carbons (Fsp3) is 0.318. The Morgan fingerprint density at radius 2 is 1.90 bits per heavy atom. The highest BCUT2D eigenvalue weighted by atomic mass is 17.6. The van der Waals surface area contributed by atoms with Gasteiger partial charge in [0.1, 0.15) is 13.2 Å². The van der Waals surface area contributed by atoms with Crippen molar-refractivity contribution < 1.29 is 25.0 Å². The molecule has 0 spiro atoms. The first-order chi connectivity index (χ1) is 14.7. The van der Waals surface area contributed by atoms with E-state index in [1.807, 2.05) is 35.0 Å². The maximum atomic E-state index is 7.47. The lowest BCUT2D eigenvalue weighted by Gasteiger charge is -2.16. The van der Waals surface area contributed by atoms with Crippen LogP contribution >= 0.6 is 0 Å². The highest BCUT2D eigenvalue weighted by molar-refractivity contribution is 5.48. The van der Waals surface area contributed by atoms with Crippen molar-refractivity contribution in [1.29, 1.82) is 0 Å². The van der Waals surface area contributed by atoms with Gasteiger partial charge in [0, 0.05) is 25.4 Å².